The molecule has 1 aromatic rings. The summed E-state index contributed by atoms with van der Waals surface area (Å²) >= 11 is 0. The summed E-state index contributed by atoms with van der Waals surface area (Å²) in [4.78, 5) is 13.7. The molecule has 1 aliphatic heterocycles. The molecule has 0 aliphatic carbocycles. The van der Waals surface area contributed by atoms with Gasteiger partial charge in [-0.1, -0.05) is 6.58 Å². The Bertz CT molecular complexity index is 479. The molecule has 108 valence electrons. The van der Waals surface area contributed by atoms with Crippen LogP contribution in [0.1, 0.15) is 18.4 Å². The van der Waals surface area contributed by atoms with Crippen LogP contribution in [0.3, 0.4) is 0 Å². The number of hydrogen-bond donors (Lipinski definition) is 1. The second kappa shape index (κ2) is 7.10. The summed E-state index contributed by atoms with van der Waals surface area (Å²) in [6, 6.07) is 5.66. The largest absolute Gasteiger partial charge is 0.492 e. The van der Waals surface area contributed by atoms with Gasteiger partial charge in [-0.25, -0.2) is 0 Å². The van der Waals surface area contributed by atoms with E-state index in [1.807, 2.05) is 25.1 Å². The zero-order valence-corrected chi connectivity index (χ0v) is 12.0. The predicted octanol–water partition coefficient (Wildman–Crippen LogP) is 2.59. The highest BCUT2D eigenvalue weighted by atomic mass is 16.5. The lowest BCUT2D eigenvalue weighted by atomic mass is 10.2. The van der Waals surface area contributed by atoms with E-state index in [4.69, 9.17) is 4.74 Å². The Morgan fingerprint density at radius 1 is 1.45 bits per heavy atom. The van der Waals surface area contributed by atoms with Gasteiger partial charge in [0.05, 0.1) is 0 Å². The second-order valence-corrected chi connectivity index (χ2v) is 5.07. The molecule has 0 unspecified atom stereocenters. The summed E-state index contributed by atoms with van der Waals surface area (Å²) in [5.41, 5.74) is 1.78. The average molecular weight is 274 g/mol. The van der Waals surface area contributed by atoms with Crippen molar-refractivity contribution in [3.63, 3.8) is 0 Å². The molecule has 0 bridgehead atoms. The molecule has 1 saturated heterocycles. The van der Waals surface area contributed by atoms with Crippen LogP contribution >= 0.6 is 0 Å². The lowest BCUT2D eigenvalue weighted by molar-refractivity contribution is -0.111. The monoisotopic (exact) mass is 274 g/mol. The molecule has 0 saturated carbocycles. The van der Waals surface area contributed by atoms with Crippen molar-refractivity contribution in [1.29, 1.82) is 0 Å². The maximum atomic E-state index is 11.2. The lowest BCUT2D eigenvalue weighted by Crippen LogP contribution is -2.25. The summed E-state index contributed by atoms with van der Waals surface area (Å²) in [7, 11) is 0. The number of anilines is 1. The zero-order chi connectivity index (χ0) is 14.4. The van der Waals surface area contributed by atoms with Crippen LogP contribution in [-0.4, -0.2) is 37.0 Å². The van der Waals surface area contributed by atoms with E-state index in [1.165, 1.54) is 32.0 Å². The number of carbonyl (C=O) groups excluding carboxylic acids is 1. The molecule has 2 rings (SSSR count). The Kier molecular flexibility index (Phi) is 5.18. The van der Waals surface area contributed by atoms with E-state index in [1.54, 1.807) is 0 Å². The van der Waals surface area contributed by atoms with Gasteiger partial charge in [0.1, 0.15) is 12.4 Å². The SMILES string of the molecule is C=CC(=O)Nc1ccc(OCCN2CCCC2)c(C)c1. The van der Waals surface area contributed by atoms with Gasteiger partial charge in [0.25, 0.3) is 0 Å². The van der Waals surface area contributed by atoms with Gasteiger partial charge in [0, 0.05) is 12.2 Å². The molecule has 4 nitrogen and oxygen atoms in total. The first-order valence-electron chi connectivity index (χ1n) is 7.08. The van der Waals surface area contributed by atoms with Gasteiger partial charge >= 0.3 is 0 Å². The number of benzene rings is 1. The quantitative estimate of drug-likeness (QED) is 0.811. The van der Waals surface area contributed by atoms with E-state index in [0.717, 1.165) is 23.5 Å². The minimum absolute atomic E-state index is 0.202. The van der Waals surface area contributed by atoms with Crippen molar-refractivity contribution in [3.05, 3.63) is 36.4 Å². The molecule has 4 heteroatoms. The van der Waals surface area contributed by atoms with Crippen molar-refractivity contribution in [1.82, 2.24) is 4.90 Å². The Balaban J connectivity index is 1.85. The third kappa shape index (κ3) is 4.10. The predicted molar refractivity (Wildman–Crippen MR) is 81.2 cm³/mol. The van der Waals surface area contributed by atoms with Crippen molar-refractivity contribution in [3.8, 4) is 5.75 Å². The molecular formula is C16H22N2O2. The lowest BCUT2D eigenvalue weighted by Gasteiger charge is -2.16. The number of amides is 1. The highest BCUT2D eigenvalue weighted by Crippen LogP contribution is 2.22. The normalized spacial score (nSPS) is 15.1. The first-order valence-corrected chi connectivity index (χ1v) is 7.08. The first-order chi connectivity index (χ1) is 9.69. The molecule has 0 atom stereocenters. The van der Waals surface area contributed by atoms with Gasteiger partial charge < -0.3 is 10.1 Å². The average Bonchev–Trinajstić information content (AvgIpc) is 2.94. The van der Waals surface area contributed by atoms with Gasteiger partial charge in [0.15, 0.2) is 0 Å². The van der Waals surface area contributed by atoms with Crippen LogP contribution in [0, 0.1) is 6.92 Å². The summed E-state index contributed by atoms with van der Waals surface area (Å²) in [6.45, 7) is 9.48. The Hall–Kier alpha value is -1.81. The third-order valence-corrected chi connectivity index (χ3v) is 3.49. The summed E-state index contributed by atoms with van der Waals surface area (Å²) in [5, 5.41) is 2.74. The van der Waals surface area contributed by atoms with E-state index in [9.17, 15) is 4.79 Å². The zero-order valence-electron chi connectivity index (χ0n) is 12.0. The Morgan fingerprint density at radius 2 is 2.20 bits per heavy atom. The van der Waals surface area contributed by atoms with E-state index < -0.39 is 0 Å². The van der Waals surface area contributed by atoms with Gasteiger partial charge in [-0.05, 0) is 62.7 Å². The van der Waals surface area contributed by atoms with Crippen molar-refractivity contribution in [2.45, 2.75) is 19.8 Å². The second-order valence-electron chi connectivity index (χ2n) is 5.07. The molecule has 0 aromatic heterocycles. The number of hydrogen-bond acceptors (Lipinski definition) is 3. The van der Waals surface area contributed by atoms with Crippen molar-refractivity contribution < 1.29 is 9.53 Å². The van der Waals surface area contributed by atoms with E-state index in [2.05, 4.69) is 16.8 Å². The number of ether oxygens (including phenoxy) is 1. The van der Waals surface area contributed by atoms with Gasteiger partial charge in [-0.2, -0.15) is 0 Å². The Labute approximate surface area is 120 Å². The molecule has 1 aromatic carbocycles. The number of rotatable bonds is 6. The van der Waals surface area contributed by atoms with Crippen molar-refractivity contribution in [2.24, 2.45) is 0 Å². The molecule has 1 fully saturated rings. The van der Waals surface area contributed by atoms with Gasteiger partial charge in [-0.15, -0.1) is 0 Å². The number of nitrogens with zero attached hydrogens (tertiary/aromatic N) is 1. The fourth-order valence-electron chi connectivity index (χ4n) is 2.37. The number of likely N-dealkylation sites (tertiary alicyclic amines) is 1. The molecule has 1 aliphatic rings. The molecule has 1 N–H and O–H groups in total. The number of aryl methyl sites for hydroxylation is 1. The summed E-state index contributed by atoms with van der Waals surface area (Å²) < 4.78 is 5.81. The van der Waals surface area contributed by atoms with Crippen LogP contribution in [0.25, 0.3) is 0 Å². The van der Waals surface area contributed by atoms with Crippen LogP contribution in [0.2, 0.25) is 0 Å². The fraction of sp³-hybridized carbons (Fsp3) is 0.438. The van der Waals surface area contributed by atoms with Crippen LogP contribution in [0.15, 0.2) is 30.9 Å². The molecule has 1 heterocycles. The topological polar surface area (TPSA) is 41.6 Å². The van der Waals surface area contributed by atoms with E-state index in [-0.39, 0.29) is 5.91 Å². The van der Waals surface area contributed by atoms with Crippen LogP contribution in [0.4, 0.5) is 5.69 Å². The highest BCUT2D eigenvalue weighted by Gasteiger charge is 2.11. The molecular weight excluding hydrogens is 252 g/mol. The van der Waals surface area contributed by atoms with Crippen LogP contribution in [-0.2, 0) is 4.79 Å². The highest BCUT2D eigenvalue weighted by molar-refractivity contribution is 5.98. The summed E-state index contributed by atoms with van der Waals surface area (Å²) in [5.74, 6) is 0.674. The van der Waals surface area contributed by atoms with Crippen molar-refractivity contribution in [2.75, 3.05) is 31.6 Å². The third-order valence-electron chi connectivity index (χ3n) is 3.49. The molecule has 0 radical (unpaired) electrons. The fourth-order valence-corrected chi connectivity index (χ4v) is 2.37. The minimum atomic E-state index is -0.202. The maximum Gasteiger partial charge on any atom is 0.247 e. The van der Waals surface area contributed by atoms with Crippen molar-refractivity contribution >= 4 is 11.6 Å². The van der Waals surface area contributed by atoms with E-state index >= 15 is 0 Å². The number of carbonyl (C=O) groups is 1. The maximum absolute atomic E-state index is 11.2. The molecule has 1 amide bonds. The van der Waals surface area contributed by atoms with Crippen LogP contribution in [0.5, 0.6) is 5.75 Å². The standard InChI is InChI=1S/C16H22N2O2/c1-3-16(19)17-14-6-7-15(13(2)12-14)20-11-10-18-8-4-5-9-18/h3,6-7,12H,1,4-5,8-11H2,2H3,(H,17,19). The first kappa shape index (κ1) is 14.6. The molecule has 0 spiro atoms. The minimum Gasteiger partial charge on any atom is -0.492 e. The molecule has 20 heavy (non-hydrogen) atoms. The Morgan fingerprint density at radius 3 is 2.85 bits per heavy atom. The van der Waals surface area contributed by atoms with E-state index in [0.29, 0.717) is 6.61 Å². The van der Waals surface area contributed by atoms with Crippen LogP contribution < -0.4 is 10.1 Å². The number of nitrogens with one attached hydrogen (secondary N) is 1. The van der Waals surface area contributed by atoms with Gasteiger partial charge in [0.2, 0.25) is 5.91 Å². The van der Waals surface area contributed by atoms with Gasteiger partial charge in [-0.3, -0.25) is 9.69 Å². The smallest absolute Gasteiger partial charge is 0.247 e. The summed E-state index contributed by atoms with van der Waals surface area (Å²) in [6.07, 6.45) is 3.86.